The van der Waals surface area contributed by atoms with Gasteiger partial charge in [-0.3, -0.25) is 4.79 Å². The van der Waals surface area contributed by atoms with Gasteiger partial charge in [0.1, 0.15) is 0 Å². The van der Waals surface area contributed by atoms with Crippen molar-refractivity contribution in [3.8, 4) is 0 Å². The number of carbonyl (C=O) groups excluding carboxylic acids is 1. The van der Waals surface area contributed by atoms with E-state index in [1.165, 1.54) is 5.56 Å². The maximum absolute atomic E-state index is 11.4. The summed E-state index contributed by atoms with van der Waals surface area (Å²) in [6.45, 7) is 5.86. The van der Waals surface area contributed by atoms with Crippen molar-refractivity contribution in [2.75, 3.05) is 0 Å². The average Bonchev–Trinajstić information content (AvgIpc) is 2.56. The van der Waals surface area contributed by atoms with Crippen molar-refractivity contribution in [1.82, 2.24) is 5.32 Å². The van der Waals surface area contributed by atoms with Crippen LogP contribution in [-0.4, -0.2) is 11.9 Å². The zero-order valence-electron chi connectivity index (χ0n) is 8.91. The van der Waals surface area contributed by atoms with Crippen LogP contribution in [0, 0.1) is 5.92 Å². The van der Waals surface area contributed by atoms with E-state index in [1.807, 2.05) is 20.8 Å². The van der Waals surface area contributed by atoms with Crippen LogP contribution in [0.4, 0.5) is 0 Å². The number of rotatable bonds is 4. The SMILES string of the molecule is CC(Cc1ccsc1)NC(=O)C(C)C. The predicted octanol–water partition coefficient (Wildman–Crippen LogP) is 2.45. The Morgan fingerprint density at radius 2 is 2.21 bits per heavy atom. The van der Waals surface area contributed by atoms with E-state index in [2.05, 4.69) is 22.1 Å². The molecular formula is C11H17NOS. The molecule has 1 aromatic heterocycles. The van der Waals surface area contributed by atoms with Gasteiger partial charge in [0.25, 0.3) is 0 Å². The summed E-state index contributed by atoms with van der Waals surface area (Å²) in [4.78, 5) is 11.4. The third-order valence-electron chi connectivity index (χ3n) is 2.04. The van der Waals surface area contributed by atoms with Gasteiger partial charge in [0.2, 0.25) is 5.91 Å². The smallest absolute Gasteiger partial charge is 0.222 e. The molecule has 1 rings (SSSR count). The van der Waals surface area contributed by atoms with Gasteiger partial charge in [0, 0.05) is 12.0 Å². The second-order valence-electron chi connectivity index (χ2n) is 3.90. The van der Waals surface area contributed by atoms with Crippen LogP contribution in [0.15, 0.2) is 16.8 Å². The fourth-order valence-electron chi connectivity index (χ4n) is 1.22. The Balaban J connectivity index is 2.36. The first kappa shape index (κ1) is 11.2. The molecule has 0 aliphatic rings. The lowest BCUT2D eigenvalue weighted by atomic mass is 10.1. The summed E-state index contributed by atoms with van der Waals surface area (Å²) in [6.07, 6.45) is 0.919. The van der Waals surface area contributed by atoms with E-state index in [1.54, 1.807) is 11.3 Å². The molecule has 0 fully saturated rings. The Morgan fingerprint density at radius 1 is 1.50 bits per heavy atom. The molecule has 1 unspecified atom stereocenters. The van der Waals surface area contributed by atoms with Crippen LogP contribution in [0.3, 0.4) is 0 Å². The van der Waals surface area contributed by atoms with Crippen molar-refractivity contribution in [2.45, 2.75) is 33.2 Å². The molecule has 1 heterocycles. The number of hydrogen-bond acceptors (Lipinski definition) is 2. The maximum atomic E-state index is 11.4. The second kappa shape index (κ2) is 5.15. The first-order valence-corrected chi connectivity index (χ1v) is 5.85. The molecule has 1 atom stereocenters. The molecule has 1 aromatic rings. The highest BCUT2D eigenvalue weighted by atomic mass is 32.1. The molecule has 0 aliphatic heterocycles. The van der Waals surface area contributed by atoms with Gasteiger partial charge >= 0.3 is 0 Å². The summed E-state index contributed by atoms with van der Waals surface area (Å²) in [5, 5.41) is 7.17. The Kier molecular flexibility index (Phi) is 4.14. The molecule has 0 spiro atoms. The van der Waals surface area contributed by atoms with Gasteiger partial charge in [0.15, 0.2) is 0 Å². The van der Waals surface area contributed by atoms with Crippen molar-refractivity contribution in [3.05, 3.63) is 22.4 Å². The highest BCUT2D eigenvalue weighted by molar-refractivity contribution is 7.07. The summed E-state index contributed by atoms with van der Waals surface area (Å²) in [5.41, 5.74) is 1.30. The van der Waals surface area contributed by atoms with Gasteiger partial charge in [-0.25, -0.2) is 0 Å². The van der Waals surface area contributed by atoms with Crippen molar-refractivity contribution in [3.63, 3.8) is 0 Å². The Labute approximate surface area is 89.3 Å². The fourth-order valence-corrected chi connectivity index (χ4v) is 1.90. The molecule has 0 aliphatic carbocycles. The molecular weight excluding hydrogens is 194 g/mol. The largest absolute Gasteiger partial charge is 0.353 e. The standard InChI is InChI=1S/C11H17NOS/c1-8(2)11(13)12-9(3)6-10-4-5-14-7-10/h4-5,7-9H,6H2,1-3H3,(H,12,13). The minimum atomic E-state index is 0.0694. The van der Waals surface area contributed by atoms with Gasteiger partial charge in [0.05, 0.1) is 0 Å². The topological polar surface area (TPSA) is 29.1 Å². The summed E-state index contributed by atoms with van der Waals surface area (Å²) >= 11 is 1.69. The van der Waals surface area contributed by atoms with Crippen LogP contribution in [-0.2, 0) is 11.2 Å². The minimum absolute atomic E-state index is 0.0694. The molecule has 78 valence electrons. The molecule has 1 N–H and O–H groups in total. The lowest BCUT2D eigenvalue weighted by Gasteiger charge is -2.14. The normalized spacial score (nSPS) is 12.9. The van der Waals surface area contributed by atoms with Crippen molar-refractivity contribution >= 4 is 17.2 Å². The van der Waals surface area contributed by atoms with Crippen molar-refractivity contribution in [2.24, 2.45) is 5.92 Å². The Morgan fingerprint density at radius 3 is 2.71 bits per heavy atom. The number of carbonyl (C=O) groups is 1. The first-order chi connectivity index (χ1) is 6.59. The lowest BCUT2D eigenvalue weighted by molar-refractivity contribution is -0.124. The summed E-state index contributed by atoms with van der Waals surface area (Å²) in [6, 6.07) is 2.32. The average molecular weight is 211 g/mol. The third-order valence-corrected chi connectivity index (χ3v) is 2.77. The van der Waals surface area contributed by atoms with E-state index >= 15 is 0 Å². The number of hydrogen-bond donors (Lipinski definition) is 1. The van der Waals surface area contributed by atoms with E-state index in [0.717, 1.165) is 6.42 Å². The zero-order chi connectivity index (χ0) is 10.6. The van der Waals surface area contributed by atoms with Gasteiger partial charge in [-0.15, -0.1) is 0 Å². The van der Waals surface area contributed by atoms with E-state index in [9.17, 15) is 4.79 Å². The number of amides is 1. The van der Waals surface area contributed by atoms with E-state index in [4.69, 9.17) is 0 Å². The van der Waals surface area contributed by atoms with Gasteiger partial charge in [-0.2, -0.15) is 11.3 Å². The van der Waals surface area contributed by atoms with Gasteiger partial charge in [-0.05, 0) is 35.7 Å². The Bertz CT molecular complexity index is 279. The quantitative estimate of drug-likeness (QED) is 0.814. The van der Waals surface area contributed by atoms with Crippen molar-refractivity contribution in [1.29, 1.82) is 0 Å². The first-order valence-electron chi connectivity index (χ1n) is 4.91. The monoisotopic (exact) mass is 211 g/mol. The molecule has 2 nitrogen and oxygen atoms in total. The highest BCUT2D eigenvalue weighted by Gasteiger charge is 2.10. The van der Waals surface area contributed by atoms with Crippen LogP contribution in [0.5, 0.6) is 0 Å². The van der Waals surface area contributed by atoms with Crippen LogP contribution in [0.1, 0.15) is 26.3 Å². The summed E-state index contributed by atoms with van der Waals surface area (Å²) in [7, 11) is 0. The molecule has 0 aromatic carbocycles. The van der Waals surface area contributed by atoms with Gasteiger partial charge < -0.3 is 5.32 Å². The zero-order valence-corrected chi connectivity index (χ0v) is 9.73. The fraction of sp³-hybridized carbons (Fsp3) is 0.545. The number of nitrogens with one attached hydrogen (secondary N) is 1. The molecule has 3 heteroatoms. The third kappa shape index (κ3) is 3.50. The number of thiophene rings is 1. The maximum Gasteiger partial charge on any atom is 0.222 e. The van der Waals surface area contributed by atoms with E-state index in [-0.39, 0.29) is 17.9 Å². The summed E-state index contributed by atoms with van der Waals surface area (Å²) < 4.78 is 0. The molecule has 1 amide bonds. The molecule has 0 saturated carbocycles. The van der Waals surface area contributed by atoms with Gasteiger partial charge in [-0.1, -0.05) is 13.8 Å². The highest BCUT2D eigenvalue weighted by Crippen LogP contribution is 2.08. The van der Waals surface area contributed by atoms with Crippen LogP contribution >= 0.6 is 11.3 Å². The van der Waals surface area contributed by atoms with E-state index < -0.39 is 0 Å². The second-order valence-corrected chi connectivity index (χ2v) is 4.68. The molecule has 0 bridgehead atoms. The van der Waals surface area contributed by atoms with E-state index in [0.29, 0.717) is 0 Å². The van der Waals surface area contributed by atoms with Crippen LogP contribution < -0.4 is 5.32 Å². The molecule has 0 saturated heterocycles. The predicted molar refractivity (Wildman–Crippen MR) is 60.5 cm³/mol. The molecule has 14 heavy (non-hydrogen) atoms. The minimum Gasteiger partial charge on any atom is -0.353 e. The van der Waals surface area contributed by atoms with Crippen LogP contribution in [0.2, 0.25) is 0 Å². The summed E-state index contributed by atoms with van der Waals surface area (Å²) in [5.74, 6) is 0.202. The van der Waals surface area contributed by atoms with Crippen LogP contribution in [0.25, 0.3) is 0 Å². The van der Waals surface area contributed by atoms with Crippen molar-refractivity contribution < 1.29 is 4.79 Å². The molecule has 0 radical (unpaired) electrons. The lowest BCUT2D eigenvalue weighted by Crippen LogP contribution is -2.36. The Hall–Kier alpha value is -0.830.